The fraction of sp³-hybridized carbons (Fsp3) is 0.769. The van der Waals surface area contributed by atoms with Crippen molar-refractivity contribution in [1.82, 2.24) is 0 Å². The lowest BCUT2D eigenvalue weighted by Crippen LogP contribution is -2.47. The lowest BCUT2D eigenvalue weighted by atomic mass is 9.88. The number of carbonyl (C=O) groups is 3. The SMILES string of the molecule is O=C(COC(=O)C(F)(SOO[O-])C(F)(F)F)OC1C2CC3C(=O)OC1C3C2. The molecule has 2 bridgehead atoms. The van der Waals surface area contributed by atoms with Gasteiger partial charge in [0, 0.05) is 11.8 Å². The van der Waals surface area contributed by atoms with Crippen LogP contribution < -0.4 is 5.26 Å². The third-order valence-corrected chi connectivity index (χ3v) is 5.56. The van der Waals surface area contributed by atoms with Gasteiger partial charge in [-0.2, -0.15) is 17.5 Å². The number of carbonyl (C=O) groups excluding carboxylic acids is 3. The smallest absolute Gasteiger partial charge is 0.446 e. The third kappa shape index (κ3) is 3.46. The number of ether oxygens (including phenoxy) is 3. The summed E-state index contributed by atoms with van der Waals surface area (Å²) in [6.07, 6.45) is -6.20. The monoisotopic (exact) mass is 419 g/mol. The number of rotatable bonds is 7. The molecule has 0 N–H and O–H groups in total. The highest BCUT2D eigenvalue weighted by molar-refractivity contribution is 7.96. The van der Waals surface area contributed by atoms with E-state index in [1.54, 1.807) is 0 Å². The molecule has 9 nitrogen and oxygen atoms in total. The number of hydrogen-bond acceptors (Lipinski definition) is 10. The van der Waals surface area contributed by atoms with Crippen LogP contribution in [0.1, 0.15) is 12.8 Å². The maximum atomic E-state index is 13.8. The van der Waals surface area contributed by atoms with Gasteiger partial charge >= 0.3 is 29.1 Å². The van der Waals surface area contributed by atoms with E-state index < -0.39 is 54.0 Å². The minimum atomic E-state index is -5.82. The van der Waals surface area contributed by atoms with Crippen LogP contribution in [0.25, 0.3) is 0 Å². The Morgan fingerprint density at radius 2 is 1.96 bits per heavy atom. The summed E-state index contributed by atoms with van der Waals surface area (Å²) < 4.78 is 69.3. The van der Waals surface area contributed by atoms with E-state index in [0.717, 1.165) is 0 Å². The van der Waals surface area contributed by atoms with Crippen molar-refractivity contribution in [3.8, 4) is 0 Å². The van der Waals surface area contributed by atoms with Crippen molar-refractivity contribution in [3.05, 3.63) is 0 Å². The molecule has 27 heavy (non-hydrogen) atoms. The molecule has 14 heteroatoms. The van der Waals surface area contributed by atoms with Crippen LogP contribution in [0, 0.1) is 17.8 Å². The first-order chi connectivity index (χ1) is 12.6. The molecule has 2 saturated carbocycles. The molecule has 0 amide bonds. The van der Waals surface area contributed by atoms with Gasteiger partial charge in [0.2, 0.25) is 0 Å². The number of hydrogen-bond donors (Lipinski definition) is 0. The Morgan fingerprint density at radius 1 is 1.26 bits per heavy atom. The lowest BCUT2D eigenvalue weighted by Gasteiger charge is -2.26. The zero-order valence-corrected chi connectivity index (χ0v) is 13.9. The number of fused-ring (bicyclic) bond motifs is 1. The van der Waals surface area contributed by atoms with Crippen molar-refractivity contribution in [2.24, 2.45) is 17.8 Å². The first kappa shape index (κ1) is 20.1. The molecule has 0 aromatic rings. The Kier molecular flexibility index (Phi) is 5.26. The van der Waals surface area contributed by atoms with Gasteiger partial charge in [-0.25, -0.2) is 14.0 Å². The lowest BCUT2D eigenvalue weighted by molar-refractivity contribution is -0.777. The van der Waals surface area contributed by atoms with Crippen molar-refractivity contribution in [1.29, 1.82) is 0 Å². The second-order valence-electron chi connectivity index (χ2n) is 6.25. The van der Waals surface area contributed by atoms with Gasteiger partial charge in [0.1, 0.15) is 12.2 Å². The molecular weight excluding hydrogens is 408 g/mol. The van der Waals surface area contributed by atoms with Crippen LogP contribution in [0.4, 0.5) is 17.6 Å². The van der Waals surface area contributed by atoms with Gasteiger partial charge in [-0.05, 0) is 12.8 Å². The highest BCUT2D eigenvalue weighted by atomic mass is 32.2. The minimum Gasteiger partial charge on any atom is -0.691 e. The van der Waals surface area contributed by atoms with Gasteiger partial charge in [-0.3, -0.25) is 9.83 Å². The molecule has 6 atom stereocenters. The quantitative estimate of drug-likeness (QED) is 0.141. The fourth-order valence-corrected chi connectivity index (χ4v) is 4.07. The normalized spacial score (nSPS) is 33.5. The second kappa shape index (κ2) is 7.07. The Bertz CT molecular complexity index is 644. The topological polar surface area (TPSA) is 120 Å². The average Bonchev–Trinajstić information content (AvgIpc) is 3.21. The number of halogens is 4. The number of esters is 3. The molecule has 0 aromatic heterocycles. The largest absolute Gasteiger partial charge is 0.691 e. The maximum absolute atomic E-state index is 13.8. The van der Waals surface area contributed by atoms with Crippen molar-refractivity contribution in [2.45, 2.75) is 36.2 Å². The third-order valence-electron chi connectivity index (χ3n) is 4.81. The highest BCUT2D eigenvalue weighted by Gasteiger charge is 2.66. The van der Waals surface area contributed by atoms with Crippen LogP contribution in [-0.4, -0.2) is 47.9 Å². The first-order valence-electron chi connectivity index (χ1n) is 7.55. The van der Waals surface area contributed by atoms with E-state index in [2.05, 4.69) is 14.1 Å². The van der Waals surface area contributed by atoms with Crippen molar-refractivity contribution < 1.29 is 60.8 Å². The summed E-state index contributed by atoms with van der Waals surface area (Å²) >= 11 is -1.27. The zero-order valence-electron chi connectivity index (χ0n) is 13.1. The van der Waals surface area contributed by atoms with Gasteiger partial charge in [0.05, 0.1) is 18.0 Å². The Labute approximate surface area is 152 Å². The van der Waals surface area contributed by atoms with Crippen LogP contribution >= 0.6 is 12.0 Å². The van der Waals surface area contributed by atoms with Gasteiger partial charge in [-0.1, -0.05) is 0 Å². The predicted octanol–water partition coefficient (Wildman–Crippen LogP) is 0.123. The minimum absolute atomic E-state index is 0.0905. The molecule has 0 radical (unpaired) electrons. The summed E-state index contributed by atoms with van der Waals surface area (Å²) in [6.45, 7) is -1.32. The van der Waals surface area contributed by atoms with Crippen molar-refractivity contribution in [3.63, 3.8) is 0 Å². The molecule has 2 aliphatic carbocycles. The van der Waals surface area contributed by atoms with E-state index in [1.807, 2.05) is 0 Å². The Morgan fingerprint density at radius 3 is 2.59 bits per heavy atom. The molecule has 1 saturated heterocycles. The summed E-state index contributed by atoms with van der Waals surface area (Å²) in [5.74, 6) is -4.64. The first-order valence-corrected chi connectivity index (χ1v) is 8.30. The zero-order chi connectivity index (χ0) is 20.0. The van der Waals surface area contributed by atoms with Gasteiger partial charge in [0.25, 0.3) is 0 Å². The van der Waals surface area contributed by atoms with Crippen LogP contribution in [0.5, 0.6) is 0 Å². The van der Waals surface area contributed by atoms with E-state index in [4.69, 9.17) is 9.47 Å². The Hall–Kier alpha value is -1.64. The van der Waals surface area contributed by atoms with Gasteiger partial charge in [0.15, 0.2) is 6.61 Å². The summed E-state index contributed by atoms with van der Waals surface area (Å²) in [5, 5.41) is 7.40. The van der Waals surface area contributed by atoms with E-state index >= 15 is 0 Å². The molecule has 1 heterocycles. The van der Waals surface area contributed by atoms with Crippen LogP contribution in [0.3, 0.4) is 0 Å². The van der Waals surface area contributed by atoms with Crippen LogP contribution in [-0.2, 0) is 38.0 Å². The predicted molar refractivity (Wildman–Crippen MR) is 70.1 cm³/mol. The Balaban J connectivity index is 1.54. The van der Waals surface area contributed by atoms with Crippen LogP contribution in [0.2, 0.25) is 0 Å². The number of alkyl halides is 4. The molecule has 1 aliphatic heterocycles. The summed E-state index contributed by atoms with van der Waals surface area (Å²) in [4.78, 5) is 34.8. The average molecular weight is 419 g/mol. The molecule has 3 aliphatic rings. The molecule has 3 rings (SSSR count). The van der Waals surface area contributed by atoms with E-state index in [9.17, 15) is 37.2 Å². The summed E-state index contributed by atoms with van der Waals surface area (Å²) in [7, 11) is 0. The molecule has 0 aromatic carbocycles. The molecule has 3 fully saturated rings. The van der Waals surface area contributed by atoms with E-state index in [0.29, 0.717) is 12.8 Å². The standard InChI is InChI=1S/C13H12F4O9S/c14-12(13(15,16)17,27-26-25-21)11(20)22-3-7(18)23-8-4-1-5-6(2-4)10(19)24-9(5)8/h4-6,8-9,21H,1-3H2/p-1. The van der Waals surface area contributed by atoms with Gasteiger partial charge in [-0.15, -0.1) is 0 Å². The highest BCUT2D eigenvalue weighted by Crippen LogP contribution is 2.55. The molecule has 0 spiro atoms. The molecule has 6 unspecified atom stereocenters. The summed E-state index contributed by atoms with van der Waals surface area (Å²) in [5.41, 5.74) is 0. The van der Waals surface area contributed by atoms with Crippen LogP contribution in [0.15, 0.2) is 0 Å². The van der Waals surface area contributed by atoms with E-state index in [-0.39, 0.29) is 23.7 Å². The maximum Gasteiger partial charge on any atom is 0.446 e. The summed E-state index contributed by atoms with van der Waals surface area (Å²) in [6, 6.07) is 0. The molecular formula is C13H11F4O9S-. The van der Waals surface area contributed by atoms with Gasteiger partial charge < -0.3 is 19.5 Å². The van der Waals surface area contributed by atoms with E-state index in [1.165, 1.54) is 0 Å². The molecule has 152 valence electrons. The van der Waals surface area contributed by atoms with Crippen molar-refractivity contribution >= 4 is 30.0 Å². The van der Waals surface area contributed by atoms with Crippen molar-refractivity contribution in [2.75, 3.05) is 6.61 Å². The second-order valence-corrected chi connectivity index (χ2v) is 7.11. The fourth-order valence-electron chi connectivity index (χ4n) is 3.73.